The van der Waals surface area contributed by atoms with Crippen molar-refractivity contribution in [2.75, 3.05) is 20.6 Å². The van der Waals surface area contributed by atoms with Gasteiger partial charge in [-0.1, -0.05) is 0 Å². The topological polar surface area (TPSA) is 64.9 Å². The molecule has 0 aliphatic heterocycles. The number of nitrogens with two attached hydrogens (primary N) is 1. The van der Waals surface area contributed by atoms with Gasteiger partial charge < -0.3 is 10.6 Å². The van der Waals surface area contributed by atoms with Crippen LogP contribution in [0, 0.1) is 0 Å². The molecule has 0 saturated heterocycles. The summed E-state index contributed by atoms with van der Waals surface area (Å²) in [4.78, 5) is 2.12. The van der Waals surface area contributed by atoms with Crippen LogP contribution in [0.5, 0.6) is 0 Å². The number of rotatable bonds is 5. The fourth-order valence-electron chi connectivity index (χ4n) is 1.98. The van der Waals surface area contributed by atoms with Crippen LogP contribution in [0.15, 0.2) is 22.9 Å². The fraction of sp³-hybridized carbons (Fsp3) is 0.500. The fourth-order valence-corrected chi connectivity index (χ4v) is 2.53. The average Bonchev–Trinajstić information content (AvgIpc) is 2.92. The number of halogens is 1. The van der Waals surface area contributed by atoms with Gasteiger partial charge in [0, 0.05) is 19.8 Å². The zero-order valence-corrected chi connectivity index (χ0v) is 13.0. The van der Waals surface area contributed by atoms with Crippen LogP contribution in [0.25, 0.3) is 0 Å². The van der Waals surface area contributed by atoms with Crippen LogP contribution >= 0.6 is 15.9 Å². The van der Waals surface area contributed by atoms with Crippen molar-refractivity contribution in [2.24, 2.45) is 12.8 Å². The van der Waals surface area contributed by atoms with Gasteiger partial charge in [0.15, 0.2) is 0 Å². The molecule has 0 fully saturated rings. The number of nitrogens with zero attached hydrogens (tertiary/aromatic N) is 5. The minimum Gasteiger partial charge on any atom is -0.318 e. The van der Waals surface area contributed by atoms with Crippen molar-refractivity contribution in [3.63, 3.8) is 0 Å². The summed E-state index contributed by atoms with van der Waals surface area (Å²) in [6.45, 7) is 1.72. The Balaban J connectivity index is 2.28. The second-order valence-electron chi connectivity index (χ2n) is 4.76. The van der Waals surface area contributed by atoms with Crippen LogP contribution in [0.4, 0.5) is 0 Å². The van der Waals surface area contributed by atoms with Crippen molar-refractivity contribution < 1.29 is 0 Å². The molecule has 0 amide bonds. The van der Waals surface area contributed by atoms with E-state index >= 15 is 0 Å². The molecular formula is C12H19BrN6. The largest absolute Gasteiger partial charge is 0.318 e. The highest BCUT2D eigenvalue weighted by Gasteiger charge is 2.20. The van der Waals surface area contributed by atoms with Gasteiger partial charge in [-0.05, 0) is 36.1 Å². The molecule has 0 saturated carbocycles. The Morgan fingerprint density at radius 3 is 2.74 bits per heavy atom. The highest BCUT2D eigenvalue weighted by molar-refractivity contribution is 9.10. The van der Waals surface area contributed by atoms with E-state index in [0.29, 0.717) is 0 Å². The summed E-state index contributed by atoms with van der Waals surface area (Å²) in [5, 5.41) is 8.55. The number of aromatic nitrogens is 4. The molecule has 2 aromatic heterocycles. The molecule has 0 radical (unpaired) electrons. The predicted octanol–water partition coefficient (Wildman–Crippen LogP) is 0.989. The molecule has 7 heteroatoms. The van der Waals surface area contributed by atoms with Gasteiger partial charge >= 0.3 is 0 Å². The third-order valence-electron chi connectivity index (χ3n) is 3.06. The van der Waals surface area contributed by atoms with Gasteiger partial charge in [-0.3, -0.25) is 9.36 Å². The van der Waals surface area contributed by atoms with Crippen LogP contribution < -0.4 is 5.73 Å². The molecular weight excluding hydrogens is 308 g/mol. The van der Waals surface area contributed by atoms with Crippen molar-refractivity contribution in [1.29, 1.82) is 0 Å². The lowest BCUT2D eigenvalue weighted by Gasteiger charge is -2.17. The summed E-state index contributed by atoms with van der Waals surface area (Å²) in [5.41, 5.74) is 8.29. The summed E-state index contributed by atoms with van der Waals surface area (Å²) >= 11 is 3.53. The van der Waals surface area contributed by atoms with Crippen LogP contribution in [0.3, 0.4) is 0 Å². The molecule has 0 aliphatic carbocycles. The van der Waals surface area contributed by atoms with Crippen molar-refractivity contribution in [1.82, 2.24) is 24.5 Å². The number of hydrogen-bond donors (Lipinski definition) is 1. The van der Waals surface area contributed by atoms with Crippen LogP contribution in [0.1, 0.15) is 17.4 Å². The molecule has 2 rings (SSSR count). The van der Waals surface area contributed by atoms with Crippen LogP contribution in [-0.4, -0.2) is 45.1 Å². The Hall–Kier alpha value is -1.18. The first kappa shape index (κ1) is 14.2. The molecule has 2 N–H and O–H groups in total. The quantitative estimate of drug-likeness (QED) is 0.889. The Morgan fingerprint density at radius 2 is 2.16 bits per heavy atom. The standard InChI is InChI=1S/C12H19BrN6/c1-17(2)6-7-19-12(9(13)8-16-19)11(14)10-4-5-15-18(10)3/h4-5,8,11H,6-7,14H2,1-3H3. The van der Waals surface area contributed by atoms with Gasteiger partial charge in [-0.15, -0.1) is 0 Å². The summed E-state index contributed by atoms with van der Waals surface area (Å²) < 4.78 is 4.67. The van der Waals surface area contributed by atoms with Crippen molar-refractivity contribution >= 4 is 15.9 Å². The van der Waals surface area contributed by atoms with Crippen LogP contribution in [0.2, 0.25) is 0 Å². The highest BCUT2D eigenvalue weighted by atomic mass is 79.9. The first-order chi connectivity index (χ1) is 9.00. The molecule has 6 nitrogen and oxygen atoms in total. The summed E-state index contributed by atoms with van der Waals surface area (Å²) in [6.07, 6.45) is 3.55. The average molecular weight is 327 g/mol. The zero-order valence-electron chi connectivity index (χ0n) is 11.4. The second kappa shape index (κ2) is 5.85. The van der Waals surface area contributed by atoms with Gasteiger partial charge in [-0.2, -0.15) is 10.2 Å². The highest BCUT2D eigenvalue weighted by Crippen LogP contribution is 2.26. The van der Waals surface area contributed by atoms with E-state index in [1.165, 1.54) is 0 Å². The van der Waals surface area contributed by atoms with Gasteiger partial charge in [0.25, 0.3) is 0 Å². The lowest BCUT2D eigenvalue weighted by Crippen LogP contribution is -2.24. The van der Waals surface area contributed by atoms with E-state index in [0.717, 1.165) is 29.0 Å². The van der Waals surface area contributed by atoms with Gasteiger partial charge in [-0.25, -0.2) is 0 Å². The summed E-state index contributed by atoms with van der Waals surface area (Å²) in [5.74, 6) is 0. The number of hydrogen-bond acceptors (Lipinski definition) is 4. The minimum atomic E-state index is -0.244. The third kappa shape index (κ3) is 3.05. The van der Waals surface area contributed by atoms with Gasteiger partial charge in [0.05, 0.1) is 34.6 Å². The molecule has 2 heterocycles. The Labute approximate surface area is 121 Å². The van der Waals surface area contributed by atoms with E-state index in [1.807, 2.05) is 31.9 Å². The summed E-state index contributed by atoms with van der Waals surface area (Å²) in [7, 11) is 5.97. The number of likely N-dealkylation sites (N-methyl/N-ethyl adjacent to an activating group) is 1. The Kier molecular flexibility index (Phi) is 4.38. The SMILES string of the molecule is CN(C)CCn1ncc(Br)c1C(N)c1ccnn1C. The van der Waals surface area contributed by atoms with E-state index in [-0.39, 0.29) is 6.04 Å². The van der Waals surface area contributed by atoms with E-state index in [9.17, 15) is 0 Å². The molecule has 1 unspecified atom stereocenters. The van der Waals surface area contributed by atoms with E-state index in [1.54, 1.807) is 17.1 Å². The first-order valence-corrected chi connectivity index (χ1v) is 6.89. The molecule has 1 atom stereocenters. The minimum absolute atomic E-state index is 0.244. The van der Waals surface area contributed by atoms with E-state index in [2.05, 4.69) is 31.0 Å². The predicted molar refractivity (Wildman–Crippen MR) is 77.7 cm³/mol. The molecule has 104 valence electrons. The Morgan fingerprint density at radius 1 is 1.42 bits per heavy atom. The van der Waals surface area contributed by atoms with Gasteiger partial charge in [0.1, 0.15) is 0 Å². The summed E-state index contributed by atoms with van der Waals surface area (Å²) in [6, 6.07) is 1.69. The Bertz CT molecular complexity index is 544. The first-order valence-electron chi connectivity index (χ1n) is 6.10. The monoisotopic (exact) mass is 326 g/mol. The maximum atomic E-state index is 6.35. The zero-order chi connectivity index (χ0) is 14.0. The van der Waals surface area contributed by atoms with Gasteiger partial charge in [0.2, 0.25) is 0 Å². The maximum Gasteiger partial charge on any atom is 0.0905 e. The third-order valence-corrected chi connectivity index (χ3v) is 3.68. The van der Waals surface area contributed by atoms with Crippen molar-refractivity contribution in [3.8, 4) is 0 Å². The van der Waals surface area contributed by atoms with Crippen molar-refractivity contribution in [2.45, 2.75) is 12.6 Å². The molecule has 2 aromatic rings. The lowest BCUT2D eigenvalue weighted by molar-refractivity contribution is 0.367. The van der Waals surface area contributed by atoms with E-state index in [4.69, 9.17) is 5.73 Å². The van der Waals surface area contributed by atoms with Crippen molar-refractivity contribution in [3.05, 3.63) is 34.3 Å². The van der Waals surface area contributed by atoms with E-state index < -0.39 is 0 Å². The maximum absolute atomic E-state index is 6.35. The lowest BCUT2D eigenvalue weighted by atomic mass is 10.1. The smallest absolute Gasteiger partial charge is 0.0905 e. The molecule has 19 heavy (non-hydrogen) atoms. The molecule has 0 spiro atoms. The second-order valence-corrected chi connectivity index (χ2v) is 5.62. The van der Waals surface area contributed by atoms with Crippen LogP contribution in [-0.2, 0) is 13.6 Å². The molecule has 0 aliphatic rings. The normalized spacial score (nSPS) is 13.2. The molecule has 0 bridgehead atoms. The molecule has 0 aromatic carbocycles. The number of aryl methyl sites for hydroxylation is 1.